The molecule has 6 atom stereocenters. The molecule has 3 aliphatic rings. The van der Waals surface area contributed by atoms with Crippen molar-refractivity contribution in [3.63, 3.8) is 0 Å². The van der Waals surface area contributed by atoms with E-state index >= 15 is 0 Å². The van der Waals surface area contributed by atoms with Gasteiger partial charge >= 0.3 is 5.97 Å². The molecule has 4 unspecified atom stereocenters. The highest BCUT2D eigenvalue weighted by Crippen LogP contribution is 2.63. The fourth-order valence-corrected chi connectivity index (χ4v) is 7.16. The Morgan fingerprint density at radius 1 is 1.12 bits per heavy atom. The maximum Gasteiger partial charge on any atom is 0.306 e. The maximum absolute atomic E-state index is 13.0. The monoisotopic (exact) mass is 444 g/mol. The molecular formula is C28H44O4. The number of carbonyl (C=O) groups is 3. The second-order valence-electron chi connectivity index (χ2n) is 11.2. The molecule has 2 fully saturated rings. The highest BCUT2D eigenvalue weighted by atomic mass is 16.6. The Balaban J connectivity index is 1.78. The Morgan fingerprint density at radius 2 is 1.88 bits per heavy atom. The van der Waals surface area contributed by atoms with Crippen molar-refractivity contribution in [3.05, 3.63) is 11.6 Å². The van der Waals surface area contributed by atoms with Crippen molar-refractivity contribution < 1.29 is 19.1 Å². The van der Waals surface area contributed by atoms with E-state index in [0.29, 0.717) is 42.9 Å². The van der Waals surface area contributed by atoms with Gasteiger partial charge in [-0.2, -0.15) is 0 Å². The van der Waals surface area contributed by atoms with Crippen LogP contribution >= 0.6 is 0 Å². The summed E-state index contributed by atoms with van der Waals surface area (Å²) in [4.78, 5) is 37.7. The molecule has 4 heteroatoms. The smallest absolute Gasteiger partial charge is 0.306 e. The summed E-state index contributed by atoms with van der Waals surface area (Å²) in [6, 6.07) is 0. The lowest BCUT2D eigenvalue weighted by atomic mass is 9.55. The Bertz CT molecular complexity index is 753. The predicted octanol–water partition coefficient (Wildman–Crippen LogP) is 6.61. The summed E-state index contributed by atoms with van der Waals surface area (Å²) >= 11 is 0. The first-order valence-corrected chi connectivity index (χ1v) is 13.1. The minimum atomic E-state index is -0.966. The molecule has 180 valence electrons. The number of ketones is 2. The number of rotatable bonds is 9. The Kier molecular flexibility index (Phi) is 8.04. The normalized spacial score (nSPS) is 37.0. The maximum atomic E-state index is 13.0. The summed E-state index contributed by atoms with van der Waals surface area (Å²) in [6.07, 6.45) is 12.5. The summed E-state index contributed by atoms with van der Waals surface area (Å²) in [5.74, 6) is 2.05. The lowest BCUT2D eigenvalue weighted by molar-refractivity contribution is -0.186. The van der Waals surface area contributed by atoms with Gasteiger partial charge in [0.1, 0.15) is 0 Å². The van der Waals surface area contributed by atoms with Crippen LogP contribution < -0.4 is 0 Å². The summed E-state index contributed by atoms with van der Waals surface area (Å²) in [7, 11) is 0. The van der Waals surface area contributed by atoms with Gasteiger partial charge in [0.15, 0.2) is 17.2 Å². The number of carbonyl (C=O) groups excluding carboxylic acids is 3. The number of fused-ring (bicyclic) bond motifs is 1. The van der Waals surface area contributed by atoms with Crippen LogP contribution in [0.1, 0.15) is 112 Å². The number of Topliss-reactive ketones (excluding diaryl/α,β-unsaturated/α-hetero) is 1. The molecule has 32 heavy (non-hydrogen) atoms. The zero-order valence-corrected chi connectivity index (χ0v) is 21.0. The third kappa shape index (κ3) is 4.75. The number of hydrogen-bond acceptors (Lipinski definition) is 4. The molecule has 2 saturated carbocycles. The molecule has 0 radical (unpaired) electrons. The van der Waals surface area contributed by atoms with Crippen molar-refractivity contribution in [1.82, 2.24) is 0 Å². The van der Waals surface area contributed by atoms with Gasteiger partial charge in [-0.1, -0.05) is 46.1 Å². The van der Waals surface area contributed by atoms with Gasteiger partial charge in [-0.3, -0.25) is 14.4 Å². The molecule has 0 spiro atoms. The minimum absolute atomic E-state index is 0.0221. The van der Waals surface area contributed by atoms with E-state index in [-0.39, 0.29) is 23.0 Å². The third-order valence-corrected chi connectivity index (χ3v) is 9.33. The van der Waals surface area contributed by atoms with Gasteiger partial charge in [-0.15, -0.1) is 0 Å². The average Bonchev–Trinajstić information content (AvgIpc) is 3.03. The quantitative estimate of drug-likeness (QED) is 0.297. The van der Waals surface area contributed by atoms with E-state index in [1.54, 1.807) is 6.92 Å². The molecule has 0 heterocycles. The second kappa shape index (κ2) is 10.2. The largest absolute Gasteiger partial charge is 0.450 e. The topological polar surface area (TPSA) is 60.4 Å². The molecule has 0 aromatic heterocycles. The number of allylic oxidation sites excluding steroid dienone is 2. The molecule has 0 bridgehead atoms. The first-order valence-electron chi connectivity index (χ1n) is 13.1. The molecule has 3 aliphatic carbocycles. The minimum Gasteiger partial charge on any atom is -0.450 e. The number of unbranched alkanes of at least 4 members (excludes halogenated alkanes) is 2. The van der Waals surface area contributed by atoms with Gasteiger partial charge in [0.2, 0.25) is 0 Å². The molecular weight excluding hydrogens is 400 g/mol. The molecule has 0 N–H and O–H groups in total. The van der Waals surface area contributed by atoms with Crippen LogP contribution in [-0.4, -0.2) is 23.1 Å². The number of hydrogen-bond donors (Lipinski definition) is 0. The van der Waals surface area contributed by atoms with Crippen LogP contribution in [0.5, 0.6) is 0 Å². The third-order valence-electron chi connectivity index (χ3n) is 9.33. The predicted molar refractivity (Wildman–Crippen MR) is 127 cm³/mol. The molecule has 0 aromatic rings. The highest BCUT2D eigenvalue weighted by Gasteiger charge is 2.65. The summed E-state index contributed by atoms with van der Waals surface area (Å²) in [5.41, 5.74) is 0.0461. The van der Waals surface area contributed by atoms with Gasteiger partial charge in [-0.25, -0.2) is 0 Å². The fourth-order valence-electron chi connectivity index (χ4n) is 7.16. The first kappa shape index (κ1) is 25.2. The standard InChI is InChI=1S/C28H44O4/c1-6-7-8-9-26(31)32-28(21(4)29)17-15-25-24(20(3)14-16-27(25,28)5)13-11-22-18-23(30)12-10-19(22)2/h18-20,24-25H,6-17H2,1-5H3/t19?,20-,24?,25?,27?,28-/m0/s1. The first-order chi connectivity index (χ1) is 15.1. The summed E-state index contributed by atoms with van der Waals surface area (Å²) < 4.78 is 6.14. The van der Waals surface area contributed by atoms with E-state index < -0.39 is 5.60 Å². The lowest BCUT2D eigenvalue weighted by Gasteiger charge is -2.51. The van der Waals surface area contributed by atoms with Crippen LogP contribution in [0.2, 0.25) is 0 Å². The average molecular weight is 445 g/mol. The van der Waals surface area contributed by atoms with E-state index in [2.05, 4.69) is 27.7 Å². The van der Waals surface area contributed by atoms with Gasteiger partial charge in [0, 0.05) is 18.3 Å². The van der Waals surface area contributed by atoms with Gasteiger partial charge in [0.05, 0.1) is 0 Å². The van der Waals surface area contributed by atoms with E-state index in [9.17, 15) is 14.4 Å². The number of ether oxygens (including phenoxy) is 1. The Morgan fingerprint density at radius 3 is 2.56 bits per heavy atom. The molecule has 0 saturated heterocycles. The molecule has 3 rings (SSSR count). The highest BCUT2D eigenvalue weighted by molar-refractivity contribution is 5.91. The van der Waals surface area contributed by atoms with E-state index in [1.165, 1.54) is 5.57 Å². The van der Waals surface area contributed by atoms with Crippen molar-refractivity contribution >= 4 is 17.5 Å². The summed E-state index contributed by atoms with van der Waals surface area (Å²) in [5, 5.41) is 0. The second-order valence-corrected chi connectivity index (χ2v) is 11.2. The van der Waals surface area contributed by atoms with Crippen molar-refractivity contribution in [2.75, 3.05) is 0 Å². The van der Waals surface area contributed by atoms with Crippen LogP contribution in [0, 0.1) is 29.1 Å². The summed E-state index contributed by atoms with van der Waals surface area (Å²) in [6.45, 7) is 10.5. The fraction of sp³-hybridized carbons (Fsp3) is 0.821. The van der Waals surface area contributed by atoms with Crippen molar-refractivity contribution in [2.24, 2.45) is 29.1 Å². The van der Waals surface area contributed by atoms with Crippen LogP contribution in [0.3, 0.4) is 0 Å². The van der Waals surface area contributed by atoms with Crippen LogP contribution in [0.4, 0.5) is 0 Å². The zero-order valence-electron chi connectivity index (χ0n) is 21.0. The van der Waals surface area contributed by atoms with Crippen LogP contribution in [0.25, 0.3) is 0 Å². The van der Waals surface area contributed by atoms with Gasteiger partial charge in [-0.05, 0) is 88.0 Å². The van der Waals surface area contributed by atoms with Crippen LogP contribution in [-0.2, 0) is 19.1 Å². The van der Waals surface area contributed by atoms with E-state index in [0.717, 1.165) is 57.8 Å². The van der Waals surface area contributed by atoms with Crippen molar-refractivity contribution in [3.8, 4) is 0 Å². The molecule has 0 aliphatic heterocycles. The lowest BCUT2D eigenvalue weighted by Crippen LogP contribution is -2.56. The zero-order chi connectivity index (χ0) is 23.5. The SMILES string of the molecule is CCCCCC(=O)O[C@]1(C(C)=O)CCC2C(CCC3=CC(=O)CCC3C)[C@@H](C)CCC21C. The van der Waals surface area contributed by atoms with Crippen molar-refractivity contribution in [2.45, 2.75) is 117 Å². The van der Waals surface area contributed by atoms with Crippen LogP contribution in [0.15, 0.2) is 11.6 Å². The van der Waals surface area contributed by atoms with Crippen molar-refractivity contribution in [1.29, 1.82) is 0 Å². The Hall–Kier alpha value is -1.45. The number of esters is 1. The Labute approximate surface area is 194 Å². The van der Waals surface area contributed by atoms with E-state index in [4.69, 9.17) is 4.74 Å². The van der Waals surface area contributed by atoms with E-state index in [1.807, 2.05) is 6.08 Å². The molecule has 0 amide bonds. The van der Waals surface area contributed by atoms with Gasteiger partial charge < -0.3 is 4.74 Å². The molecule has 0 aromatic carbocycles. The van der Waals surface area contributed by atoms with Gasteiger partial charge in [0.25, 0.3) is 0 Å². The molecule has 4 nitrogen and oxygen atoms in total.